The average Bonchev–Trinajstić information content (AvgIpc) is 2.36. The Labute approximate surface area is 91.9 Å². The Balaban J connectivity index is 1.87. The van der Waals surface area contributed by atoms with Gasteiger partial charge in [0.15, 0.2) is 0 Å². The molecule has 1 heterocycles. The van der Waals surface area contributed by atoms with Gasteiger partial charge in [0.25, 0.3) is 0 Å². The lowest BCUT2D eigenvalue weighted by Crippen LogP contribution is -2.37. The van der Waals surface area contributed by atoms with Crippen LogP contribution in [-0.4, -0.2) is 15.8 Å². The third kappa shape index (κ3) is 2.16. The van der Waals surface area contributed by atoms with Gasteiger partial charge in [-0.3, -0.25) is 4.68 Å². The van der Waals surface area contributed by atoms with Crippen LogP contribution in [0.4, 0.5) is 5.69 Å². The molecule has 0 amide bonds. The van der Waals surface area contributed by atoms with E-state index in [0.717, 1.165) is 17.5 Å². The molecule has 15 heavy (non-hydrogen) atoms. The highest BCUT2D eigenvalue weighted by Gasteiger charge is 2.31. The fraction of sp³-hybridized carbons (Fsp3) is 0.750. The summed E-state index contributed by atoms with van der Waals surface area (Å²) in [6.07, 6.45) is 4.69. The molecule has 1 saturated carbocycles. The second kappa shape index (κ2) is 3.87. The highest BCUT2D eigenvalue weighted by molar-refractivity contribution is 5.46. The van der Waals surface area contributed by atoms with E-state index in [1.165, 1.54) is 18.5 Å². The molecule has 0 radical (unpaired) electrons. The van der Waals surface area contributed by atoms with E-state index in [2.05, 4.69) is 37.4 Å². The normalized spacial score (nSPS) is 25.4. The molecule has 0 bridgehead atoms. The van der Waals surface area contributed by atoms with Crippen molar-refractivity contribution in [3.05, 3.63) is 11.9 Å². The van der Waals surface area contributed by atoms with Crippen LogP contribution >= 0.6 is 0 Å². The first-order chi connectivity index (χ1) is 7.06. The molecule has 0 aromatic carbocycles. The SMILES string of the molecule is Cc1nn(C)cc1NC1CC(C(C)C)C1. The van der Waals surface area contributed by atoms with Crippen molar-refractivity contribution < 1.29 is 0 Å². The number of rotatable bonds is 3. The Morgan fingerprint density at radius 2 is 2.13 bits per heavy atom. The molecule has 1 aromatic rings. The molecule has 0 saturated heterocycles. The second-order valence-corrected chi connectivity index (χ2v) is 5.12. The van der Waals surface area contributed by atoms with E-state index in [1.54, 1.807) is 0 Å². The summed E-state index contributed by atoms with van der Waals surface area (Å²) < 4.78 is 1.87. The van der Waals surface area contributed by atoms with E-state index in [9.17, 15) is 0 Å². The monoisotopic (exact) mass is 207 g/mol. The van der Waals surface area contributed by atoms with Crippen molar-refractivity contribution in [1.82, 2.24) is 9.78 Å². The summed E-state index contributed by atoms with van der Waals surface area (Å²) in [5, 5.41) is 7.90. The molecule has 1 aliphatic carbocycles. The lowest BCUT2D eigenvalue weighted by Gasteiger charge is -2.38. The van der Waals surface area contributed by atoms with Crippen molar-refractivity contribution in [3.63, 3.8) is 0 Å². The largest absolute Gasteiger partial charge is 0.380 e. The first-order valence-electron chi connectivity index (χ1n) is 5.83. The van der Waals surface area contributed by atoms with Crippen LogP contribution in [-0.2, 0) is 7.05 Å². The van der Waals surface area contributed by atoms with Crippen LogP contribution in [0.2, 0.25) is 0 Å². The van der Waals surface area contributed by atoms with Crippen LogP contribution in [0.1, 0.15) is 32.4 Å². The van der Waals surface area contributed by atoms with Gasteiger partial charge in [0.2, 0.25) is 0 Å². The molecule has 0 unspecified atom stereocenters. The summed E-state index contributed by atoms with van der Waals surface area (Å²) >= 11 is 0. The van der Waals surface area contributed by atoms with Gasteiger partial charge < -0.3 is 5.32 Å². The maximum absolute atomic E-state index is 4.33. The van der Waals surface area contributed by atoms with Crippen LogP contribution in [0, 0.1) is 18.8 Å². The molecule has 0 atom stereocenters. The van der Waals surface area contributed by atoms with Crippen molar-refractivity contribution in [2.75, 3.05) is 5.32 Å². The van der Waals surface area contributed by atoms with E-state index in [0.29, 0.717) is 6.04 Å². The predicted molar refractivity (Wildman–Crippen MR) is 62.9 cm³/mol. The Morgan fingerprint density at radius 3 is 2.60 bits per heavy atom. The minimum absolute atomic E-state index is 0.667. The summed E-state index contributed by atoms with van der Waals surface area (Å²) in [5.74, 6) is 1.75. The van der Waals surface area contributed by atoms with Crippen molar-refractivity contribution in [2.24, 2.45) is 18.9 Å². The van der Waals surface area contributed by atoms with Gasteiger partial charge in [-0.1, -0.05) is 13.8 Å². The van der Waals surface area contributed by atoms with Gasteiger partial charge in [0, 0.05) is 19.3 Å². The number of hydrogen-bond acceptors (Lipinski definition) is 2. The first kappa shape index (κ1) is 10.5. The molecular formula is C12H21N3. The van der Waals surface area contributed by atoms with E-state index < -0.39 is 0 Å². The number of aryl methyl sites for hydroxylation is 2. The highest BCUT2D eigenvalue weighted by atomic mass is 15.3. The summed E-state index contributed by atoms with van der Waals surface area (Å²) in [7, 11) is 1.97. The predicted octanol–water partition coefficient (Wildman–Crippen LogP) is 2.58. The lowest BCUT2D eigenvalue weighted by atomic mass is 9.73. The van der Waals surface area contributed by atoms with Gasteiger partial charge in [-0.15, -0.1) is 0 Å². The first-order valence-corrected chi connectivity index (χ1v) is 5.83. The minimum atomic E-state index is 0.667. The number of nitrogens with one attached hydrogen (secondary N) is 1. The minimum Gasteiger partial charge on any atom is -0.380 e. The standard InChI is InChI=1S/C12H21N3/c1-8(2)10-5-11(6-10)13-12-7-15(4)14-9(12)3/h7-8,10-11,13H,5-6H2,1-4H3. The van der Waals surface area contributed by atoms with Crippen molar-refractivity contribution >= 4 is 5.69 Å². The molecule has 84 valence electrons. The Kier molecular flexibility index (Phi) is 2.72. The van der Waals surface area contributed by atoms with E-state index in [4.69, 9.17) is 0 Å². The van der Waals surface area contributed by atoms with Crippen LogP contribution in [0.25, 0.3) is 0 Å². The van der Waals surface area contributed by atoms with Gasteiger partial charge in [0.1, 0.15) is 0 Å². The van der Waals surface area contributed by atoms with Gasteiger partial charge in [-0.25, -0.2) is 0 Å². The maximum Gasteiger partial charge on any atom is 0.0825 e. The number of hydrogen-bond donors (Lipinski definition) is 1. The van der Waals surface area contributed by atoms with E-state index >= 15 is 0 Å². The molecule has 3 heteroatoms. The van der Waals surface area contributed by atoms with Crippen molar-refractivity contribution in [1.29, 1.82) is 0 Å². The molecule has 3 nitrogen and oxygen atoms in total. The Hall–Kier alpha value is -0.990. The molecule has 1 aromatic heterocycles. The Morgan fingerprint density at radius 1 is 1.47 bits per heavy atom. The van der Waals surface area contributed by atoms with Crippen LogP contribution in [0.3, 0.4) is 0 Å². The fourth-order valence-electron chi connectivity index (χ4n) is 2.29. The third-order valence-corrected chi connectivity index (χ3v) is 3.49. The van der Waals surface area contributed by atoms with Gasteiger partial charge in [-0.2, -0.15) is 5.10 Å². The molecule has 1 fully saturated rings. The smallest absolute Gasteiger partial charge is 0.0825 e. The molecule has 0 spiro atoms. The fourth-order valence-corrected chi connectivity index (χ4v) is 2.29. The van der Waals surface area contributed by atoms with Crippen LogP contribution < -0.4 is 5.32 Å². The highest BCUT2D eigenvalue weighted by Crippen LogP contribution is 2.35. The molecule has 2 rings (SSSR count). The topological polar surface area (TPSA) is 29.9 Å². The zero-order valence-corrected chi connectivity index (χ0v) is 10.1. The van der Waals surface area contributed by atoms with Crippen molar-refractivity contribution in [3.8, 4) is 0 Å². The van der Waals surface area contributed by atoms with Gasteiger partial charge in [0.05, 0.1) is 11.4 Å². The number of nitrogens with zero attached hydrogens (tertiary/aromatic N) is 2. The van der Waals surface area contributed by atoms with E-state index in [-0.39, 0.29) is 0 Å². The lowest BCUT2D eigenvalue weighted by molar-refractivity contribution is 0.212. The average molecular weight is 207 g/mol. The molecule has 1 N–H and O–H groups in total. The van der Waals surface area contributed by atoms with Crippen molar-refractivity contribution in [2.45, 2.75) is 39.7 Å². The zero-order valence-electron chi connectivity index (χ0n) is 10.1. The maximum atomic E-state index is 4.33. The zero-order chi connectivity index (χ0) is 11.0. The van der Waals surface area contributed by atoms with E-state index in [1.807, 2.05) is 11.7 Å². The van der Waals surface area contributed by atoms with Gasteiger partial charge in [-0.05, 0) is 31.6 Å². The summed E-state index contributed by atoms with van der Waals surface area (Å²) in [6.45, 7) is 6.69. The summed E-state index contributed by atoms with van der Waals surface area (Å²) in [4.78, 5) is 0. The van der Waals surface area contributed by atoms with Gasteiger partial charge >= 0.3 is 0 Å². The van der Waals surface area contributed by atoms with Crippen LogP contribution in [0.15, 0.2) is 6.20 Å². The summed E-state index contributed by atoms with van der Waals surface area (Å²) in [6, 6.07) is 0.667. The quantitative estimate of drug-likeness (QED) is 0.825. The second-order valence-electron chi connectivity index (χ2n) is 5.12. The molecule has 1 aliphatic rings. The van der Waals surface area contributed by atoms with Crippen LogP contribution in [0.5, 0.6) is 0 Å². The Bertz CT molecular complexity index is 335. The molecule has 0 aliphatic heterocycles. The summed E-state index contributed by atoms with van der Waals surface area (Å²) in [5.41, 5.74) is 2.30. The molecular weight excluding hydrogens is 186 g/mol. The number of anilines is 1. The number of aromatic nitrogens is 2. The third-order valence-electron chi connectivity index (χ3n) is 3.49.